The van der Waals surface area contributed by atoms with Crippen LogP contribution in [0.5, 0.6) is 0 Å². The number of benzene rings is 7. The van der Waals surface area contributed by atoms with Crippen LogP contribution in [0.25, 0.3) is 87.6 Å². The quantitative estimate of drug-likeness (QED) is 0.177. The molecule has 0 aliphatic rings. The molecule has 51 heavy (non-hydrogen) atoms. The van der Waals surface area contributed by atoms with Crippen molar-refractivity contribution in [3.8, 4) is 11.1 Å². The molecule has 11 rings (SSSR count). The van der Waals surface area contributed by atoms with Crippen LogP contribution in [0.15, 0.2) is 173 Å². The molecular formula is C46H27N3O2. The highest BCUT2D eigenvalue weighted by Gasteiger charge is 2.19. The van der Waals surface area contributed by atoms with E-state index in [0.29, 0.717) is 11.4 Å². The first-order valence-corrected chi connectivity index (χ1v) is 17.1. The Morgan fingerprint density at radius 2 is 1.06 bits per heavy atom. The second kappa shape index (κ2) is 10.8. The van der Waals surface area contributed by atoms with Crippen molar-refractivity contribution in [2.24, 2.45) is 0 Å². The molecule has 4 heterocycles. The van der Waals surface area contributed by atoms with Gasteiger partial charge in [-0.25, -0.2) is 4.98 Å². The van der Waals surface area contributed by atoms with Gasteiger partial charge in [0.2, 0.25) is 11.4 Å². The van der Waals surface area contributed by atoms with Crippen LogP contribution >= 0.6 is 0 Å². The van der Waals surface area contributed by atoms with Crippen LogP contribution in [0, 0.1) is 0 Å². The van der Waals surface area contributed by atoms with Gasteiger partial charge in [-0.2, -0.15) is 4.98 Å². The zero-order chi connectivity index (χ0) is 33.5. The molecule has 4 aromatic heterocycles. The van der Waals surface area contributed by atoms with Gasteiger partial charge < -0.3 is 8.83 Å². The number of pyridine rings is 2. The fourth-order valence-corrected chi connectivity index (χ4v) is 7.76. The molecule has 7 aromatic carbocycles. The first-order chi connectivity index (χ1) is 25.3. The highest BCUT2D eigenvalue weighted by molar-refractivity contribution is 6.21. The summed E-state index contributed by atoms with van der Waals surface area (Å²) < 4.78 is 12.5. The number of fused-ring (bicyclic) bond motifs is 11. The maximum Gasteiger partial charge on any atom is 0.229 e. The molecule has 0 aliphatic heterocycles. The molecule has 238 valence electrons. The zero-order valence-corrected chi connectivity index (χ0v) is 27.2. The molecule has 0 unspecified atom stereocenters. The Morgan fingerprint density at radius 1 is 0.412 bits per heavy atom. The van der Waals surface area contributed by atoms with Crippen LogP contribution in [0.4, 0.5) is 17.2 Å². The predicted molar refractivity (Wildman–Crippen MR) is 209 cm³/mol. The average Bonchev–Trinajstić information content (AvgIpc) is 3.75. The number of anilines is 3. The van der Waals surface area contributed by atoms with Crippen LogP contribution < -0.4 is 4.90 Å². The Balaban J connectivity index is 1.10. The van der Waals surface area contributed by atoms with Gasteiger partial charge >= 0.3 is 0 Å². The summed E-state index contributed by atoms with van der Waals surface area (Å²) in [5, 5.41) is 11.5. The molecule has 0 saturated heterocycles. The minimum Gasteiger partial charge on any atom is -0.438 e. The van der Waals surface area contributed by atoms with Gasteiger partial charge in [-0.05, 0) is 104 Å². The fraction of sp³-hybridized carbons (Fsp3) is 0. The Bertz CT molecular complexity index is 3040. The fourth-order valence-electron chi connectivity index (χ4n) is 7.76. The Labute approximate surface area is 291 Å². The highest BCUT2D eigenvalue weighted by atomic mass is 16.3. The van der Waals surface area contributed by atoms with Crippen molar-refractivity contribution < 1.29 is 8.83 Å². The minimum atomic E-state index is 0.596. The molecular weight excluding hydrogens is 627 g/mol. The van der Waals surface area contributed by atoms with Crippen LogP contribution in [0.2, 0.25) is 0 Å². The Morgan fingerprint density at radius 3 is 1.96 bits per heavy atom. The summed E-state index contributed by atoms with van der Waals surface area (Å²) in [5.74, 6) is 0.741. The molecule has 0 radical (unpaired) electrons. The van der Waals surface area contributed by atoms with Crippen molar-refractivity contribution in [3.05, 3.63) is 164 Å². The first-order valence-electron chi connectivity index (χ1n) is 17.1. The van der Waals surface area contributed by atoms with Crippen LogP contribution in [0.1, 0.15) is 0 Å². The summed E-state index contributed by atoms with van der Waals surface area (Å²) in [4.78, 5) is 11.7. The van der Waals surface area contributed by atoms with Gasteiger partial charge in [-0.1, -0.05) is 91.0 Å². The molecule has 0 saturated carbocycles. The lowest BCUT2D eigenvalue weighted by molar-refractivity contribution is 0.654. The second-order valence-electron chi connectivity index (χ2n) is 13.0. The molecule has 0 fully saturated rings. The van der Waals surface area contributed by atoms with Crippen LogP contribution in [0.3, 0.4) is 0 Å². The number of hydrogen-bond acceptors (Lipinski definition) is 5. The molecule has 0 N–H and O–H groups in total. The lowest BCUT2D eigenvalue weighted by atomic mass is 9.91. The second-order valence-corrected chi connectivity index (χ2v) is 13.0. The van der Waals surface area contributed by atoms with E-state index in [0.717, 1.165) is 55.5 Å². The monoisotopic (exact) mass is 653 g/mol. The van der Waals surface area contributed by atoms with Crippen molar-refractivity contribution in [2.75, 3.05) is 4.90 Å². The normalized spacial score (nSPS) is 11.9. The van der Waals surface area contributed by atoms with Crippen molar-refractivity contribution >= 4 is 93.6 Å². The van der Waals surface area contributed by atoms with E-state index in [4.69, 9.17) is 13.8 Å². The van der Waals surface area contributed by atoms with Crippen molar-refractivity contribution in [3.63, 3.8) is 0 Å². The molecule has 0 atom stereocenters. The van der Waals surface area contributed by atoms with Gasteiger partial charge in [0.1, 0.15) is 17.0 Å². The average molecular weight is 654 g/mol. The van der Waals surface area contributed by atoms with Crippen molar-refractivity contribution in [2.45, 2.75) is 0 Å². The largest absolute Gasteiger partial charge is 0.438 e. The van der Waals surface area contributed by atoms with Gasteiger partial charge in [0.15, 0.2) is 0 Å². The number of rotatable bonds is 4. The molecule has 11 aromatic rings. The molecule has 0 bridgehead atoms. The summed E-state index contributed by atoms with van der Waals surface area (Å²) in [6.45, 7) is 0. The summed E-state index contributed by atoms with van der Waals surface area (Å²) >= 11 is 0. The number of para-hydroxylation sites is 1. The van der Waals surface area contributed by atoms with Crippen molar-refractivity contribution in [1.29, 1.82) is 0 Å². The van der Waals surface area contributed by atoms with Gasteiger partial charge in [0.05, 0.1) is 5.69 Å². The predicted octanol–water partition coefficient (Wildman–Crippen LogP) is 12.9. The minimum absolute atomic E-state index is 0.596. The lowest BCUT2D eigenvalue weighted by Gasteiger charge is -2.24. The number of furan rings is 2. The standard InChI is InChI=1S/C46H27N3O2/c1-2-9-32-28(8-1)17-21-35-33-10-3-4-11-34(33)40(27-41(32)35)29-15-18-30(19-16-29)49(31-20-22-37-38-13-7-25-47-45(38)51-43(37)26-31)44-24-23-39-36-12-5-6-14-42(36)50-46(39)48-44/h1-27H. The van der Waals surface area contributed by atoms with Gasteiger partial charge in [0, 0.05) is 39.5 Å². The van der Waals surface area contributed by atoms with Crippen molar-refractivity contribution in [1.82, 2.24) is 9.97 Å². The van der Waals surface area contributed by atoms with E-state index in [1.165, 1.54) is 37.9 Å². The Hall–Kier alpha value is -6.98. The summed E-state index contributed by atoms with van der Waals surface area (Å²) in [6, 6.07) is 55.4. The zero-order valence-electron chi connectivity index (χ0n) is 27.2. The smallest absolute Gasteiger partial charge is 0.229 e. The Kier molecular flexibility index (Phi) is 5.89. The number of hydrogen-bond donors (Lipinski definition) is 0. The topological polar surface area (TPSA) is 55.3 Å². The molecule has 0 amide bonds. The third-order valence-corrected chi connectivity index (χ3v) is 10.2. The van der Waals surface area contributed by atoms with Gasteiger partial charge in [-0.15, -0.1) is 0 Å². The van der Waals surface area contributed by atoms with E-state index in [2.05, 4.69) is 137 Å². The summed E-state index contributed by atoms with van der Waals surface area (Å²) in [5.41, 5.74) is 7.03. The van der Waals surface area contributed by atoms with Crippen LogP contribution in [-0.2, 0) is 0 Å². The van der Waals surface area contributed by atoms with E-state index in [1.807, 2.05) is 30.3 Å². The third-order valence-electron chi connectivity index (χ3n) is 10.2. The SMILES string of the molecule is c1ccc2c(c1)ccc1c3ccccc3c(-c3ccc(N(c4ccc5c(c4)oc4ncccc45)c4ccc5c(n4)oc4ccccc45)cc3)cc21. The summed E-state index contributed by atoms with van der Waals surface area (Å²) in [7, 11) is 0. The number of nitrogens with zero attached hydrogens (tertiary/aromatic N) is 3. The van der Waals surface area contributed by atoms with E-state index in [1.54, 1.807) is 6.20 Å². The summed E-state index contributed by atoms with van der Waals surface area (Å²) in [6.07, 6.45) is 1.76. The maximum atomic E-state index is 6.24. The van der Waals surface area contributed by atoms with E-state index >= 15 is 0 Å². The van der Waals surface area contributed by atoms with E-state index < -0.39 is 0 Å². The van der Waals surface area contributed by atoms with E-state index in [9.17, 15) is 0 Å². The number of aromatic nitrogens is 2. The molecule has 0 aliphatic carbocycles. The molecule has 0 spiro atoms. The maximum absolute atomic E-state index is 6.24. The third kappa shape index (κ3) is 4.28. The van der Waals surface area contributed by atoms with E-state index in [-0.39, 0.29) is 0 Å². The first kappa shape index (κ1) is 27.9. The molecule has 5 nitrogen and oxygen atoms in total. The van der Waals surface area contributed by atoms with Gasteiger partial charge in [-0.3, -0.25) is 4.90 Å². The molecule has 5 heteroatoms. The van der Waals surface area contributed by atoms with Gasteiger partial charge in [0.25, 0.3) is 0 Å². The van der Waals surface area contributed by atoms with Crippen LogP contribution in [-0.4, -0.2) is 9.97 Å². The lowest BCUT2D eigenvalue weighted by Crippen LogP contribution is -2.11. The highest BCUT2D eigenvalue weighted by Crippen LogP contribution is 2.42.